The summed E-state index contributed by atoms with van der Waals surface area (Å²) >= 11 is 1.31. The van der Waals surface area contributed by atoms with Gasteiger partial charge in [0.05, 0.1) is 16.1 Å². The number of nitro groups is 1. The third-order valence-corrected chi connectivity index (χ3v) is 5.64. The van der Waals surface area contributed by atoms with Crippen LogP contribution in [0.4, 0.5) is 42.5 Å². The predicted octanol–water partition coefficient (Wildman–Crippen LogP) is 5.91. The SMILES string of the molecule is O=C(Nc1cc(C(F)(F)F)cc(C(F)(F)F)c1)N1CCSC1c1ccc([N+](=O)[O-])cc1. The molecule has 2 aromatic carbocycles. The molecular weight excluding hydrogens is 452 g/mol. The van der Waals surface area contributed by atoms with E-state index in [-0.39, 0.29) is 18.3 Å². The number of non-ortho nitro benzene ring substituents is 1. The van der Waals surface area contributed by atoms with E-state index in [0.29, 0.717) is 23.4 Å². The number of benzene rings is 2. The number of hydrogen-bond acceptors (Lipinski definition) is 4. The van der Waals surface area contributed by atoms with Gasteiger partial charge in [0.2, 0.25) is 0 Å². The molecule has 2 amide bonds. The summed E-state index contributed by atoms with van der Waals surface area (Å²) in [5, 5.41) is 12.3. The highest BCUT2D eigenvalue weighted by atomic mass is 32.2. The van der Waals surface area contributed by atoms with Gasteiger partial charge >= 0.3 is 18.4 Å². The molecule has 1 heterocycles. The van der Waals surface area contributed by atoms with Crippen LogP contribution in [0.2, 0.25) is 0 Å². The second kappa shape index (κ2) is 8.29. The van der Waals surface area contributed by atoms with Crippen LogP contribution in [0.25, 0.3) is 0 Å². The normalized spacial score (nSPS) is 17.0. The zero-order valence-corrected chi connectivity index (χ0v) is 16.1. The molecule has 1 fully saturated rings. The third kappa shape index (κ3) is 5.21. The summed E-state index contributed by atoms with van der Waals surface area (Å²) in [7, 11) is 0. The van der Waals surface area contributed by atoms with Crippen molar-refractivity contribution in [2.75, 3.05) is 17.6 Å². The van der Waals surface area contributed by atoms with E-state index in [0.717, 1.165) is 0 Å². The minimum atomic E-state index is -5.04. The number of amides is 2. The first-order valence-electron chi connectivity index (χ1n) is 8.59. The molecule has 3 rings (SSSR count). The number of anilines is 1. The van der Waals surface area contributed by atoms with Gasteiger partial charge in [-0.3, -0.25) is 10.1 Å². The molecule has 166 valence electrons. The van der Waals surface area contributed by atoms with Crippen molar-refractivity contribution >= 4 is 29.2 Å². The van der Waals surface area contributed by atoms with Crippen molar-refractivity contribution in [2.24, 2.45) is 0 Å². The predicted molar refractivity (Wildman–Crippen MR) is 100 cm³/mol. The maximum atomic E-state index is 13.0. The average Bonchev–Trinajstić information content (AvgIpc) is 3.16. The molecule has 1 aliphatic heterocycles. The number of thioether (sulfide) groups is 1. The Morgan fingerprint density at radius 2 is 1.58 bits per heavy atom. The lowest BCUT2D eigenvalue weighted by molar-refractivity contribution is -0.384. The second-order valence-corrected chi connectivity index (χ2v) is 7.68. The molecule has 0 aromatic heterocycles. The number of nitro benzene ring substituents is 1. The smallest absolute Gasteiger partial charge is 0.308 e. The van der Waals surface area contributed by atoms with Gasteiger partial charge in [0.15, 0.2) is 0 Å². The number of halogens is 6. The largest absolute Gasteiger partial charge is 0.416 e. The Morgan fingerprint density at radius 1 is 1.03 bits per heavy atom. The van der Waals surface area contributed by atoms with Crippen molar-refractivity contribution in [3.8, 4) is 0 Å². The number of alkyl halides is 6. The van der Waals surface area contributed by atoms with Crippen LogP contribution in [-0.2, 0) is 12.4 Å². The molecule has 6 nitrogen and oxygen atoms in total. The highest BCUT2D eigenvalue weighted by molar-refractivity contribution is 7.99. The van der Waals surface area contributed by atoms with Crippen LogP contribution in [-0.4, -0.2) is 28.2 Å². The number of carbonyl (C=O) groups excluding carboxylic acids is 1. The van der Waals surface area contributed by atoms with E-state index in [1.807, 2.05) is 0 Å². The number of urea groups is 1. The first kappa shape index (κ1) is 22.7. The summed E-state index contributed by atoms with van der Waals surface area (Å²) in [5.74, 6) is 0.464. The molecule has 0 saturated carbocycles. The van der Waals surface area contributed by atoms with Gasteiger partial charge in [0.25, 0.3) is 5.69 Å². The molecule has 1 aliphatic rings. The molecule has 1 N–H and O–H groups in total. The maximum absolute atomic E-state index is 13.0. The van der Waals surface area contributed by atoms with Crippen LogP contribution in [0.15, 0.2) is 42.5 Å². The van der Waals surface area contributed by atoms with Gasteiger partial charge in [-0.1, -0.05) is 0 Å². The summed E-state index contributed by atoms with van der Waals surface area (Å²) in [6.07, 6.45) is -10.1. The fourth-order valence-electron chi connectivity index (χ4n) is 2.94. The van der Waals surface area contributed by atoms with Crippen LogP contribution >= 0.6 is 11.8 Å². The van der Waals surface area contributed by atoms with Gasteiger partial charge in [-0.25, -0.2) is 4.79 Å². The Morgan fingerprint density at radius 3 is 2.06 bits per heavy atom. The minimum absolute atomic E-state index is 0.0267. The third-order valence-electron chi connectivity index (χ3n) is 4.38. The van der Waals surface area contributed by atoms with Crippen LogP contribution in [0.5, 0.6) is 0 Å². The van der Waals surface area contributed by atoms with Crippen LogP contribution in [0.1, 0.15) is 22.1 Å². The molecular formula is C18H13F6N3O3S. The molecule has 31 heavy (non-hydrogen) atoms. The topological polar surface area (TPSA) is 75.5 Å². The monoisotopic (exact) mass is 465 g/mol. The second-order valence-electron chi connectivity index (χ2n) is 6.49. The highest BCUT2D eigenvalue weighted by Crippen LogP contribution is 2.40. The lowest BCUT2D eigenvalue weighted by Crippen LogP contribution is -2.34. The van der Waals surface area contributed by atoms with E-state index in [1.54, 1.807) is 0 Å². The zero-order valence-electron chi connectivity index (χ0n) is 15.3. The van der Waals surface area contributed by atoms with Crippen LogP contribution < -0.4 is 5.32 Å². The van der Waals surface area contributed by atoms with Crippen molar-refractivity contribution in [1.29, 1.82) is 0 Å². The molecule has 2 aromatic rings. The van der Waals surface area contributed by atoms with Gasteiger partial charge in [-0.15, -0.1) is 11.8 Å². The fourth-order valence-corrected chi connectivity index (χ4v) is 4.19. The number of nitrogens with one attached hydrogen (secondary N) is 1. The highest BCUT2D eigenvalue weighted by Gasteiger charge is 2.38. The van der Waals surface area contributed by atoms with Gasteiger partial charge in [0, 0.05) is 30.1 Å². The van der Waals surface area contributed by atoms with Crippen molar-refractivity contribution in [3.05, 3.63) is 69.3 Å². The van der Waals surface area contributed by atoms with E-state index < -0.39 is 45.5 Å². The minimum Gasteiger partial charge on any atom is -0.308 e. The molecule has 0 radical (unpaired) electrons. The first-order chi connectivity index (χ1) is 14.4. The lowest BCUT2D eigenvalue weighted by atomic mass is 10.1. The van der Waals surface area contributed by atoms with Gasteiger partial charge in [0.1, 0.15) is 5.37 Å². The number of nitrogens with zero attached hydrogens (tertiary/aromatic N) is 2. The van der Waals surface area contributed by atoms with Crippen molar-refractivity contribution < 1.29 is 36.1 Å². The zero-order chi connectivity index (χ0) is 23.0. The lowest BCUT2D eigenvalue weighted by Gasteiger charge is -2.25. The maximum Gasteiger partial charge on any atom is 0.416 e. The Bertz CT molecular complexity index is 962. The Labute approximate surface area is 175 Å². The van der Waals surface area contributed by atoms with Gasteiger partial charge in [-0.2, -0.15) is 26.3 Å². The Balaban J connectivity index is 1.85. The molecule has 0 bridgehead atoms. The van der Waals surface area contributed by atoms with Crippen LogP contribution in [0, 0.1) is 10.1 Å². The molecule has 0 spiro atoms. The molecule has 1 atom stereocenters. The summed E-state index contributed by atoms with van der Waals surface area (Å²) in [5.41, 5.74) is -3.36. The van der Waals surface area contributed by atoms with E-state index in [2.05, 4.69) is 5.32 Å². The standard InChI is InChI=1S/C18H13F6N3O3S/c19-17(20,21)11-7-12(18(22,23)24)9-13(8-11)25-16(28)26-5-6-31-15(26)10-1-3-14(4-2-10)27(29)30/h1-4,7-9,15H,5-6H2,(H,25,28). The molecule has 1 saturated heterocycles. The Kier molecular flexibility index (Phi) is 6.07. The molecule has 1 unspecified atom stereocenters. The molecule has 13 heteroatoms. The number of hydrogen-bond donors (Lipinski definition) is 1. The number of carbonyl (C=O) groups is 1. The van der Waals surface area contributed by atoms with Crippen molar-refractivity contribution in [3.63, 3.8) is 0 Å². The van der Waals surface area contributed by atoms with Crippen molar-refractivity contribution in [1.82, 2.24) is 4.90 Å². The number of rotatable bonds is 3. The average molecular weight is 465 g/mol. The summed E-state index contributed by atoms with van der Waals surface area (Å²) in [6.45, 7) is 0.184. The van der Waals surface area contributed by atoms with E-state index in [9.17, 15) is 41.3 Å². The Hall–Kier alpha value is -2.96. The summed E-state index contributed by atoms with van der Waals surface area (Å²) < 4.78 is 78.0. The van der Waals surface area contributed by atoms with E-state index >= 15 is 0 Å². The quantitative estimate of drug-likeness (QED) is 0.347. The summed E-state index contributed by atoms with van der Waals surface area (Å²) in [4.78, 5) is 24.0. The van der Waals surface area contributed by atoms with Crippen LogP contribution in [0.3, 0.4) is 0 Å². The molecule has 0 aliphatic carbocycles. The van der Waals surface area contributed by atoms with Gasteiger partial charge in [-0.05, 0) is 35.9 Å². The van der Waals surface area contributed by atoms with Crippen molar-refractivity contribution in [2.45, 2.75) is 17.7 Å². The first-order valence-corrected chi connectivity index (χ1v) is 9.64. The summed E-state index contributed by atoms with van der Waals surface area (Å²) in [6, 6.07) is 5.30. The fraction of sp³-hybridized carbons (Fsp3) is 0.278. The van der Waals surface area contributed by atoms with E-state index in [4.69, 9.17) is 0 Å². The van der Waals surface area contributed by atoms with E-state index in [1.165, 1.54) is 40.9 Å². The van der Waals surface area contributed by atoms with Gasteiger partial charge < -0.3 is 10.2 Å².